The van der Waals surface area contributed by atoms with Gasteiger partial charge in [0.15, 0.2) is 11.5 Å². The molecule has 0 fully saturated rings. The molecule has 0 atom stereocenters. The van der Waals surface area contributed by atoms with Gasteiger partial charge in [-0.1, -0.05) is 28.1 Å². The standard InChI is InChI=1S/C14H14BrN5/c1-16-9-8-14-18-17-13-7-6-12(19-20(13)14)10-2-4-11(15)5-3-10/h2-7,16H,8-9H2,1H3. The highest BCUT2D eigenvalue weighted by Crippen LogP contribution is 2.20. The van der Waals surface area contributed by atoms with Gasteiger partial charge in [-0.15, -0.1) is 10.2 Å². The van der Waals surface area contributed by atoms with Crippen LogP contribution >= 0.6 is 15.9 Å². The molecule has 20 heavy (non-hydrogen) atoms. The van der Waals surface area contributed by atoms with Crippen LogP contribution in [0.4, 0.5) is 0 Å². The van der Waals surface area contributed by atoms with Crippen molar-refractivity contribution in [1.82, 2.24) is 25.1 Å². The third-order valence-electron chi connectivity index (χ3n) is 3.07. The molecule has 3 aromatic rings. The average molecular weight is 332 g/mol. The second-order valence-corrected chi connectivity index (χ2v) is 5.38. The highest BCUT2D eigenvalue weighted by atomic mass is 79.9. The molecular formula is C14H14BrN5. The molecular weight excluding hydrogens is 318 g/mol. The maximum absolute atomic E-state index is 4.64. The van der Waals surface area contributed by atoms with Crippen molar-refractivity contribution in [2.24, 2.45) is 0 Å². The summed E-state index contributed by atoms with van der Waals surface area (Å²) < 4.78 is 2.87. The van der Waals surface area contributed by atoms with Crippen molar-refractivity contribution >= 4 is 21.6 Å². The molecule has 0 bridgehead atoms. The lowest BCUT2D eigenvalue weighted by Gasteiger charge is -2.03. The molecule has 3 rings (SSSR count). The molecule has 0 spiro atoms. The van der Waals surface area contributed by atoms with Gasteiger partial charge in [0.2, 0.25) is 0 Å². The Morgan fingerprint density at radius 1 is 1.10 bits per heavy atom. The summed E-state index contributed by atoms with van der Waals surface area (Å²) >= 11 is 3.44. The predicted molar refractivity (Wildman–Crippen MR) is 81.5 cm³/mol. The Labute approximate surface area is 125 Å². The summed E-state index contributed by atoms with van der Waals surface area (Å²) in [6, 6.07) is 12.0. The fourth-order valence-corrected chi connectivity index (χ4v) is 2.26. The Hall–Kier alpha value is -1.79. The Morgan fingerprint density at radius 2 is 1.90 bits per heavy atom. The van der Waals surface area contributed by atoms with Gasteiger partial charge < -0.3 is 5.32 Å². The minimum absolute atomic E-state index is 0.775. The van der Waals surface area contributed by atoms with E-state index < -0.39 is 0 Å². The van der Waals surface area contributed by atoms with E-state index in [-0.39, 0.29) is 0 Å². The van der Waals surface area contributed by atoms with Crippen molar-refractivity contribution in [1.29, 1.82) is 0 Å². The summed E-state index contributed by atoms with van der Waals surface area (Å²) in [4.78, 5) is 0. The SMILES string of the molecule is CNCCc1nnc2ccc(-c3ccc(Br)cc3)nn12. The number of aromatic nitrogens is 4. The van der Waals surface area contributed by atoms with E-state index in [1.165, 1.54) is 0 Å². The quantitative estimate of drug-likeness (QED) is 0.797. The number of halogens is 1. The summed E-state index contributed by atoms with van der Waals surface area (Å²) in [5, 5.41) is 16.1. The minimum Gasteiger partial charge on any atom is -0.319 e. The highest BCUT2D eigenvalue weighted by Gasteiger charge is 2.08. The van der Waals surface area contributed by atoms with E-state index >= 15 is 0 Å². The first-order chi connectivity index (χ1) is 9.78. The first kappa shape index (κ1) is 13.2. The molecule has 0 aliphatic rings. The van der Waals surface area contributed by atoms with E-state index in [1.807, 2.05) is 48.0 Å². The molecule has 0 radical (unpaired) electrons. The summed E-state index contributed by atoms with van der Waals surface area (Å²) in [5.41, 5.74) is 2.76. The maximum atomic E-state index is 4.64. The van der Waals surface area contributed by atoms with Gasteiger partial charge in [0.1, 0.15) is 0 Å². The van der Waals surface area contributed by atoms with E-state index in [1.54, 1.807) is 0 Å². The molecule has 0 aliphatic carbocycles. The van der Waals surface area contributed by atoms with Gasteiger partial charge >= 0.3 is 0 Å². The largest absolute Gasteiger partial charge is 0.319 e. The molecule has 0 unspecified atom stereocenters. The Bertz CT molecular complexity index is 720. The Morgan fingerprint density at radius 3 is 2.65 bits per heavy atom. The van der Waals surface area contributed by atoms with Crippen molar-refractivity contribution in [3.05, 3.63) is 46.7 Å². The molecule has 102 valence electrons. The molecule has 6 heteroatoms. The van der Waals surface area contributed by atoms with Gasteiger partial charge in [-0.25, -0.2) is 0 Å². The normalized spacial score (nSPS) is 11.1. The number of fused-ring (bicyclic) bond motifs is 1. The Balaban J connectivity index is 2.02. The minimum atomic E-state index is 0.775. The van der Waals surface area contributed by atoms with E-state index in [0.29, 0.717) is 0 Å². The third-order valence-corrected chi connectivity index (χ3v) is 3.59. The van der Waals surface area contributed by atoms with Crippen molar-refractivity contribution in [2.75, 3.05) is 13.6 Å². The Kier molecular flexibility index (Phi) is 3.75. The van der Waals surface area contributed by atoms with Gasteiger partial charge in [0.25, 0.3) is 0 Å². The van der Waals surface area contributed by atoms with Gasteiger partial charge in [-0.3, -0.25) is 0 Å². The lowest BCUT2D eigenvalue weighted by atomic mass is 10.1. The zero-order valence-corrected chi connectivity index (χ0v) is 12.6. The molecule has 0 saturated heterocycles. The summed E-state index contributed by atoms with van der Waals surface area (Å²) in [7, 11) is 1.92. The van der Waals surface area contributed by atoms with Crippen molar-refractivity contribution in [3.63, 3.8) is 0 Å². The van der Waals surface area contributed by atoms with Gasteiger partial charge in [0, 0.05) is 23.0 Å². The topological polar surface area (TPSA) is 55.1 Å². The zero-order valence-electron chi connectivity index (χ0n) is 11.0. The molecule has 0 amide bonds. The van der Waals surface area contributed by atoms with Crippen LogP contribution in [0.2, 0.25) is 0 Å². The van der Waals surface area contributed by atoms with Crippen molar-refractivity contribution in [2.45, 2.75) is 6.42 Å². The molecule has 1 N–H and O–H groups in total. The van der Waals surface area contributed by atoms with E-state index in [9.17, 15) is 0 Å². The van der Waals surface area contributed by atoms with Gasteiger partial charge in [0.05, 0.1) is 5.69 Å². The van der Waals surface area contributed by atoms with E-state index in [4.69, 9.17) is 0 Å². The van der Waals surface area contributed by atoms with E-state index in [0.717, 1.165) is 40.2 Å². The van der Waals surface area contributed by atoms with Gasteiger partial charge in [-0.05, 0) is 31.3 Å². The van der Waals surface area contributed by atoms with Crippen LogP contribution in [0.3, 0.4) is 0 Å². The summed E-state index contributed by atoms with van der Waals surface area (Å²) in [6.07, 6.45) is 0.800. The number of nitrogens with one attached hydrogen (secondary N) is 1. The van der Waals surface area contributed by atoms with Crippen LogP contribution in [0.1, 0.15) is 5.82 Å². The smallest absolute Gasteiger partial charge is 0.177 e. The molecule has 0 aliphatic heterocycles. The van der Waals surface area contributed by atoms with Crippen LogP contribution in [0.5, 0.6) is 0 Å². The number of hydrogen-bond donors (Lipinski definition) is 1. The first-order valence-corrected chi connectivity index (χ1v) is 7.19. The number of rotatable bonds is 4. The lowest BCUT2D eigenvalue weighted by Crippen LogP contribution is -2.13. The second-order valence-electron chi connectivity index (χ2n) is 4.47. The van der Waals surface area contributed by atoms with E-state index in [2.05, 4.69) is 36.5 Å². The van der Waals surface area contributed by atoms with Crippen LogP contribution in [-0.2, 0) is 6.42 Å². The third kappa shape index (κ3) is 2.57. The van der Waals surface area contributed by atoms with Crippen LogP contribution in [0, 0.1) is 0 Å². The van der Waals surface area contributed by atoms with Gasteiger partial charge in [-0.2, -0.15) is 9.61 Å². The molecule has 1 aromatic carbocycles. The molecule has 0 saturated carbocycles. The molecule has 5 nitrogen and oxygen atoms in total. The number of benzene rings is 1. The maximum Gasteiger partial charge on any atom is 0.177 e. The summed E-state index contributed by atoms with van der Waals surface area (Å²) in [6.45, 7) is 0.852. The van der Waals surface area contributed by atoms with Crippen molar-refractivity contribution < 1.29 is 0 Å². The van der Waals surface area contributed by atoms with Crippen LogP contribution in [-0.4, -0.2) is 33.4 Å². The fourth-order valence-electron chi connectivity index (χ4n) is 2.00. The fraction of sp³-hybridized carbons (Fsp3) is 0.214. The number of likely N-dealkylation sites (N-methyl/N-ethyl adjacent to an activating group) is 1. The van der Waals surface area contributed by atoms with Crippen LogP contribution < -0.4 is 5.32 Å². The highest BCUT2D eigenvalue weighted by molar-refractivity contribution is 9.10. The van der Waals surface area contributed by atoms with Crippen LogP contribution in [0.15, 0.2) is 40.9 Å². The molecule has 2 heterocycles. The second kappa shape index (κ2) is 5.68. The first-order valence-electron chi connectivity index (χ1n) is 6.40. The lowest BCUT2D eigenvalue weighted by molar-refractivity contribution is 0.726. The average Bonchev–Trinajstić information content (AvgIpc) is 2.88. The zero-order chi connectivity index (χ0) is 13.9. The predicted octanol–water partition coefficient (Wildman–Crippen LogP) is 2.32. The number of hydrogen-bond acceptors (Lipinski definition) is 4. The molecule has 2 aromatic heterocycles. The van der Waals surface area contributed by atoms with Crippen LogP contribution in [0.25, 0.3) is 16.9 Å². The summed E-state index contributed by atoms with van der Waals surface area (Å²) in [5.74, 6) is 0.869. The number of nitrogens with zero attached hydrogens (tertiary/aromatic N) is 4. The monoisotopic (exact) mass is 331 g/mol. The van der Waals surface area contributed by atoms with Crippen molar-refractivity contribution in [3.8, 4) is 11.3 Å².